The van der Waals surface area contributed by atoms with Crippen molar-refractivity contribution in [1.82, 2.24) is 4.72 Å². The lowest BCUT2D eigenvalue weighted by Gasteiger charge is -2.14. The molecule has 1 aromatic rings. The number of hydrogen-bond donors (Lipinski definition) is 3. The highest BCUT2D eigenvalue weighted by molar-refractivity contribution is 7.98. The van der Waals surface area contributed by atoms with Gasteiger partial charge in [0, 0.05) is 6.54 Å². The first-order valence-electron chi connectivity index (χ1n) is 5.96. The second kappa shape index (κ2) is 7.02. The summed E-state index contributed by atoms with van der Waals surface area (Å²) in [4.78, 5) is 0.176. The van der Waals surface area contributed by atoms with Gasteiger partial charge in [0.25, 0.3) is 0 Å². The van der Waals surface area contributed by atoms with E-state index >= 15 is 0 Å². The lowest BCUT2D eigenvalue weighted by atomic mass is 10.2. The quantitative estimate of drug-likeness (QED) is 0.666. The minimum absolute atomic E-state index is 0.176. The molecule has 0 saturated carbocycles. The molecule has 5 nitrogen and oxygen atoms in total. The van der Waals surface area contributed by atoms with Crippen molar-refractivity contribution in [3.8, 4) is 0 Å². The van der Waals surface area contributed by atoms with Crippen LogP contribution in [-0.4, -0.2) is 34.0 Å². The maximum absolute atomic E-state index is 11.6. The second-order valence-electron chi connectivity index (χ2n) is 4.40. The minimum atomic E-state index is -3.44. The fourth-order valence-corrected chi connectivity index (χ4v) is 3.07. The highest BCUT2D eigenvalue weighted by Gasteiger charge is 2.13. The smallest absolute Gasteiger partial charge is 0.240 e. The van der Waals surface area contributed by atoms with E-state index in [4.69, 9.17) is 5.73 Å². The highest BCUT2D eigenvalue weighted by Crippen LogP contribution is 2.22. The molecule has 0 aliphatic carbocycles. The fraction of sp³-hybridized carbons (Fsp3) is 0.500. The average Bonchev–Trinajstić information content (AvgIpc) is 2.37. The predicted molar refractivity (Wildman–Crippen MR) is 83.1 cm³/mol. The van der Waals surface area contributed by atoms with Crippen LogP contribution in [0.3, 0.4) is 0 Å². The van der Waals surface area contributed by atoms with Crippen LogP contribution in [0.1, 0.15) is 6.92 Å². The number of rotatable bonds is 7. The van der Waals surface area contributed by atoms with E-state index in [-0.39, 0.29) is 4.90 Å². The Bertz CT molecular complexity index is 518. The van der Waals surface area contributed by atoms with Gasteiger partial charge in [0.15, 0.2) is 0 Å². The third-order valence-corrected chi connectivity index (χ3v) is 5.01. The van der Waals surface area contributed by atoms with Gasteiger partial charge in [-0.05, 0) is 43.2 Å². The molecule has 0 saturated heterocycles. The van der Waals surface area contributed by atoms with Crippen molar-refractivity contribution in [2.24, 2.45) is 5.92 Å². The van der Waals surface area contributed by atoms with Gasteiger partial charge in [-0.2, -0.15) is 11.8 Å². The van der Waals surface area contributed by atoms with Crippen LogP contribution in [0.25, 0.3) is 0 Å². The first kappa shape index (κ1) is 16.1. The predicted octanol–water partition coefficient (Wildman–Crippen LogP) is 1.59. The van der Waals surface area contributed by atoms with E-state index in [1.54, 1.807) is 23.9 Å². The molecule has 0 aliphatic rings. The molecule has 0 amide bonds. The van der Waals surface area contributed by atoms with Crippen molar-refractivity contribution in [3.63, 3.8) is 0 Å². The standard InChI is InChI=1S/C12H21N3O2S2/c1-9(8-18-3)7-15-12-5-4-10(6-11(12)13)19(16,17)14-2/h4-6,9,14-15H,7-8,13H2,1-3H3. The van der Waals surface area contributed by atoms with Crippen LogP contribution in [0.15, 0.2) is 23.1 Å². The summed E-state index contributed by atoms with van der Waals surface area (Å²) in [7, 11) is -2.06. The number of nitrogens with two attached hydrogens (primary N) is 1. The van der Waals surface area contributed by atoms with Crippen molar-refractivity contribution < 1.29 is 8.42 Å². The number of sulfonamides is 1. The Hall–Kier alpha value is -0.920. The maximum Gasteiger partial charge on any atom is 0.240 e. The second-order valence-corrected chi connectivity index (χ2v) is 7.20. The molecule has 108 valence electrons. The van der Waals surface area contributed by atoms with Gasteiger partial charge in [-0.1, -0.05) is 6.92 Å². The normalized spacial score (nSPS) is 13.2. The van der Waals surface area contributed by atoms with E-state index in [0.29, 0.717) is 11.6 Å². The summed E-state index contributed by atoms with van der Waals surface area (Å²) in [6.45, 7) is 2.96. The van der Waals surface area contributed by atoms with Crippen molar-refractivity contribution in [2.75, 3.05) is 36.7 Å². The number of nitrogen functional groups attached to an aromatic ring is 1. The lowest BCUT2D eigenvalue weighted by Crippen LogP contribution is -2.19. The van der Waals surface area contributed by atoms with Crippen LogP contribution >= 0.6 is 11.8 Å². The summed E-state index contributed by atoms with van der Waals surface area (Å²) >= 11 is 1.80. The van der Waals surface area contributed by atoms with Crippen molar-refractivity contribution in [3.05, 3.63) is 18.2 Å². The van der Waals surface area contributed by atoms with E-state index in [2.05, 4.69) is 23.2 Å². The van der Waals surface area contributed by atoms with Gasteiger partial charge in [0.2, 0.25) is 10.0 Å². The van der Waals surface area contributed by atoms with Crippen molar-refractivity contribution >= 4 is 33.2 Å². The molecule has 1 rings (SSSR count). The molecule has 0 fully saturated rings. The van der Waals surface area contributed by atoms with Gasteiger partial charge in [0.1, 0.15) is 0 Å². The van der Waals surface area contributed by atoms with E-state index < -0.39 is 10.0 Å². The maximum atomic E-state index is 11.6. The summed E-state index contributed by atoms with van der Waals surface area (Å²) in [6, 6.07) is 4.71. The van der Waals surface area contributed by atoms with E-state index in [0.717, 1.165) is 18.0 Å². The van der Waals surface area contributed by atoms with E-state index in [1.807, 2.05) is 0 Å². The van der Waals surface area contributed by atoms with Gasteiger partial charge < -0.3 is 11.1 Å². The molecule has 0 aliphatic heterocycles. The Labute approximate surface area is 119 Å². The topological polar surface area (TPSA) is 84.2 Å². The summed E-state index contributed by atoms with van der Waals surface area (Å²) in [6.07, 6.45) is 2.07. The molecular formula is C12H21N3O2S2. The molecule has 0 radical (unpaired) electrons. The highest BCUT2D eigenvalue weighted by atomic mass is 32.2. The molecule has 0 spiro atoms. The van der Waals surface area contributed by atoms with Crippen LogP contribution in [0.5, 0.6) is 0 Å². The molecule has 1 aromatic carbocycles. The van der Waals surface area contributed by atoms with Crippen LogP contribution < -0.4 is 15.8 Å². The fourth-order valence-electron chi connectivity index (χ4n) is 1.61. The van der Waals surface area contributed by atoms with Gasteiger partial charge in [-0.3, -0.25) is 0 Å². The Kier molecular flexibility index (Phi) is 5.96. The summed E-state index contributed by atoms with van der Waals surface area (Å²) < 4.78 is 25.5. The SMILES string of the molecule is CNS(=O)(=O)c1ccc(NCC(C)CSC)c(N)c1. The molecule has 1 unspecified atom stereocenters. The largest absolute Gasteiger partial charge is 0.397 e. The van der Waals surface area contributed by atoms with Gasteiger partial charge in [-0.15, -0.1) is 0 Å². The van der Waals surface area contributed by atoms with Crippen molar-refractivity contribution in [2.45, 2.75) is 11.8 Å². The lowest BCUT2D eigenvalue weighted by molar-refractivity contribution is 0.588. The number of thioether (sulfide) groups is 1. The zero-order valence-corrected chi connectivity index (χ0v) is 13.1. The summed E-state index contributed by atoms with van der Waals surface area (Å²) in [5, 5.41) is 3.24. The molecule has 4 N–H and O–H groups in total. The molecule has 1 atom stereocenters. The van der Waals surface area contributed by atoms with Crippen molar-refractivity contribution in [1.29, 1.82) is 0 Å². The zero-order chi connectivity index (χ0) is 14.5. The Balaban J connectivity index is 2.78. The van der Waals surface area contributed by atoms with Gasteiger partial charge in [-0.25, -0.2) is 13.1 Å². The molecule has 0 aromatic heterocycles. The Morgan fingerprint density at radius 1 is 1.42 bits per heavy atom. The first-order chi connectivity index (χ1) is 8.90. The zero-order valence-electron chi connectivity index (χ0n) is 11.4. The van der Waals surface area contributed by atoms with Crippen LogP contribution in [0.2, 0.25) is 0 Å². The minimum Gasteiger partial charge on any atom is -0.397 e. The number of nitrogens with one attached hydrogen (secondary N) is 2. The third kappa shape index (κ3) is 4.59. The van der Waals surface area contributed by atoms with Crippen LogP contribution in [0, 0.1) is 5.92 Å². The molecule has 19 heavy (non-hydrogen) atoms. The Morgan fingerprint density at radius 3 is 2.63 bits per heavy atom. The summed E-state index contributed by atoms with van der Waals surface area (Å²) in [5.41, 5.74) is 7.08. The monoisotopic (exact) mass is 303 g/mol. The average molecular weight is 303 g/mol. The number of benzene rings is 1. The molecular weight excluding hydrogens is 282 g/mol. The number of hydrogen-bond acceptors (Lipinski definition) is 5. The van der Waals surface area contributed by atoms with E-state index in [9.17, 15) is 8.42 Å². The summed E-state index contributed by atoms with van der Waals surface area (Å²) in [5.74, 6) is 1.59. The third-order valence-electron chi connectivity index (χ3n) is 2.69. The molecule has 7 heteroatoms. The van der Waals surface area contributed by atoms with Crippen LogP contribution in [0.4, 0.5) is 11.4 Å². The molecule has 0 heterocycles. The van der Waals surface area contributed by atoms with Gasteiger partial charge in [0.05, 0.1) is 16.3 Å². The first-order valence-corrected chi connectivity index (χ1v) is 8.84. The van der Waals surface area contributed by atoms with Gasteiger partial charge >= 0.3 is 0 Å². The Morgan fingerprint density at radius 2 is 2.11 bits per heavy atom. The van der Waals surface area contributed by atoms with E-state index in [1.165, 1.54) is 13.1 Å². The van der Waals surface area contributed by atoms with Crippen LogP contribution in [-0.2, 0) is 10.0 Å². The molecule has 0 bridgehead atoms. The number of anilines is 2.